The van der Waals surface area contributed by atoms with Crippen molar-refractivity contribution in [3.8, 4) is 0 Å². The van der Waals surface area contributed by atoms with Gasteiger partial charge in [-0.25, -0.2) is 19.4 Å². The summed E-state index contributed by atoms with van der Waals surface area (Å²) in [4.78, 5) is 38.8. The monoisotopic (exact) mass is 564 g/mol. The largest absolute Gasteiger partial charge is 0.444 e. The Labute approximate surface area is 240 Å². The summed E-state index contributed by atoms with van der Waals surface area (Å²) < 4.78 is 13.4. The molecule has 0 saturated carbocycles. The molecule has 0 radical (unpaired) electrons. The third kappa shape index (κ3) is 5.79. The van der Waals surface area contributed by atoms with Crippen molar-refractivity contribution in [1.29, 1.82) is 0 Å². The zero-order valence-corrected chi connectivity index (χ0v) is 24.7. The van der Waals surface area contributed by atoms with Gasteiger partial charge in [0.15, 0.2) is 17.7 Å². The van der Waals surface area contributed by atoms with Crippen molar-refractivity contribution in [3.63, 3.8) is 0 Å². The normalized spacial score (nSPS) is 21.7. The molecule has 5 rings (SSSR count). The van der Waals surface area contributed by atoms with E-state index in [1.807, 2.05) is 63.3 Å². The number of anilines is 3. The van der Waals surface area contributed by atoms with Gasteiger partial charge in [0.25, 0.3) is 5.91 Å². The number of aryl methyl sites for hydroxylation is 1. The van der Waals surface area contributed by atoms with Gasteiger partial charge in [0.1, 0.15) is 17.6 Å². The predicted octanol–water partition coefficient (Wildman–Crippen LogP) is 4.50. The van der Waals surface area contributed by atoms with E-state index in [1.165, 1.54) is 6.33 Å². The maximum atomic E-state index is 13.6. The fourth-order valence-electron chi connectivity index (χ4n) is 5.51. The fraction of sp³-hybridized carbons (Fsp3) is 0.552. The summed E-state index contributed by atoms with van der Waals surface area (Å²) >= 11 is 0. The molecule has 2 aliphatic heterocycles. The molecule has 2 fully saturated rings. The second kappa shape index (κ2) is 11.2. The van der Waals surface area contributed by atoms with Crippen molar-refractivity contribution in [2.24, 2.45) is 0 Å². The molecule has 12 nitrogen and oxygen atoms in total. The molecule has 1 aromatic carbocycles. The van der Waals surface area contributed by atoms with E-state index >= 15 is 0 Å². The number of benzene rings is 1. The molecule has 220 valence electrons. The highest BCUT2D eigenvalue weighted by molar-refractivity contribution is 6.11. The third-order valence-corrected chi connectivity index (χ3v) is 7.62. The number of amides is 2. The van der Waals surface area contributed by atoms with Gasteiger partial charge in [-0.15, -0.1) is 0 Å². The second-order valence-corrected chi connectivity index (χ2v) is 12.0. The SMILES string of the molecule is Cc1ccc2c(cnn2C2CCCCO2)c1NC(=O)c1ncnc(N2C[C@@H](C)N(C(=O)OC(C)(C)C)C[C@@H]2C)c1N. The molecular formula is C29H40N8O4. The molecule has 12 heteroatoms. The van der Waals surface area contributed by atoms with Crippen LogP contribution >= 0.6 is 0 Å². The summed E-state index contributed by atoms with van der Waals surface area (Å²) in [5.74, 6) is 0.0297. The molecule has 3 atom stereocenters. The van der Waals surface area contributed by atoms with E-state index < -0.39 is 11.5 Å². The zero-order chi connectivity index (χ0) is 29.5. The van der Waals surface area contributed by atoms with Crippen LogP contribution in [0.3, 0.4) is 0 Å². The number of carbonyl (C=O) groups excluding carboxylic acids is 2. The summed E-state index contributed by atoms with van der Waals surface area (Å²) in [5, 5.41) is 8.44. The van der Waals surface area contributed by atoms with Gasteiger partial charge in [-0.1, -0.05) is 6.07 Å². The number of hydrogen-bond acceptors (Lipinski definition) is 9. The first-order valence-corrected chi connectivity index (χ1v) is 14.2. The van der Waals surface area contributed by atoms with Crippen LogP contribution < -0.4 is 16.0 Å². The Morgan fingerprint density at radius 1 is 1.12 bits per heavy atom. The van der Waals surface area contributed by atoms with Crippen molar-refractivity contribution < 1.29 is 19.1 Å². The summed E-state index contributed by atoms with van der Waals surface area (Å²) in [6.45, 7) is 13.0. The Kier molecular flexibility index (Phi) is 7.78. The van der Waals surface area contributed by atoms with Crippen LogP contribution in [0.2, 0.25) is 0 Å². The van der Waals surface area contributed by atoms with Crippen molar-refractivity contribution in [3.05, 3.63) is 35.9 Å². The van der Waals surface area contributed by atoms with Gasteiger partial charge in [0, 0.05) is 37.2 Å². The van der Waals surface area contributed by atoms with Crippen LogP contribution in [0.4, 0.5) is 22.0 Å². The highest BCUT2D eigenvalue weighted by Crippen LogP contribution is 2.33. The first-order chi connectivity index (χ1) is 19.4. The molecule has 3 N–H and O–H groups in total. The minimum absolute atomic E-state index is 0.0869. The fourth-order valence-corrected chi connectivity index (χ4v) is 5.51. The number of rotatable bonds is 4. The number of carbonyl (C=O) groups is 2. The van der Waals surface area contributed by atoms with Gasteiger partial charge in [-0.3, -0.25) is 4.79 Å². The van der Waals surface area contributed by atoms with Crippen LogP contribution in [0.1, 0.15) is 76.2 Å². The first-order valence-electron chi connectivity index (χ1n) is 14.2. The van der Waals surface area contributed by atoms with Crippen molar-refractivity contribution >= 4 is 40.1 Å². The average Bonchev–Trinajstić information content (AvgIpc) is 3.35. The molecule has 3 aromatic rings. The minimum Gasteiger partial charge on any atom is -0.444 e. The summed E-state index contributed by atoms with van der Waals surface area (Å²) in [7, 11) is 0. The third-order valence-electron chi connectivity index (χ3n) is 7.62. The lowest BCUT2D eigenvalue weighted by Crippen LogP contribution is -2.59. The highest BCUT2D eigenvalue weighted by atomic mass is 16.6. The number of nitrogens with zero attached hydrogens (tertiary/aromatic N) is 6. The number of ether oxygens (including phenoxy) is 2. The van der Waals surface area contributed by atoms with Crippen LogP contribution in [-0.2, 0) is 9.47 Å². The predicted molar refractivity (Wildman–Crippen MR) is 157 cm³/mol. The molecule has 2 amide bonds. The number of nitrogens with two attached hydrogens (primary N) is 1. The van der Waals surface area contributed by atoms with Gasteiger partial charge < -0.3 is 30.3 Å². The van der Waals surface area contributed by atoms with Gasteiger partial charge in [0.05, 0.1) is 17.4 Å². The van der Waals surface area contributed by atoms with Gasteiger partial charge in [-0.2, -0.15) is 5.10 Å². The molecule has 0 aliphatic carbocycles. The quantitative estimate of drug-likeness (QED) is 0.468. The lowest BCUT2D eigenvalue weighted by Gasteiger charge is -2.44. The van der Waals surface area contributed by atoms with Crippen molar-refractivity contribution in [1.82, 2.24) is 24.6 Å². The first kappa shape index (κ1) is 28.6. The Morgan fingerprint density at radius 2 is 1.90 bits per heavy atom. The van der Waals surface area contributed by atoms with Gasteiger partial charge in [0.2, 0.25) is 0 Å². The molecule has 2 aliphatic rings. The number of piperazine rings is 1. The maximum absolute atomic E-state index is 13.6. The molecule has 2 aromatic heterocycles. The van der Waals surface area contributed by atoms with Crippen LogP contribution in [0.5, 0.6) is 0 Å². The van der Waals surface area contributed by atoms with E-state index in [4.69, 9.17) is 15.2 Å². The Bertz CT molecular complexity index is 1440. The van der Waals surface area contributed by atoms with Gasteiger partial charge >= 0.3 is 6.09 Å². The number of nitrogen functional groups attached to an aromatic ring is 1. The number of fused-ring (bicyclic) bond motifs is 1. The van der Waals surface area contributed by atoms with E-state index in [1.54, 1.807) is 11.1 Å². The zero-order valence-electron chi connectivity index (χ0n) is 24.7. The average molecular weight is 565 g/mol. The van der Waals surface area contributed by atoms with Crippen molar-refractivity contribution in [2.75, 3.05) is 35.6 Å². The molecule has 0 bridgehead atoms. The maximum Gasteiger partial charge on any atom is 0.410 e. The van der Waals surface area contributed by atoms with E-state index in [9.17, 15) is 9.59 Å². The lowest BCUT2D eigenvalue weighted by atomic mass is 10.1. The number of nitrogens with one attached hydrogen (secondary N) is 1. The van der Waals surface area contributed by atoms with Crippen LogP contribution in [0, 0.1) is 6.92 Å². The Balaban J connectivity index is 1.37. The molecule has 41 heavy (non-hydrogen) atoms. The number of aromatic nitrogens is 4. The highest BCUT2D eigenvalue weighted by Gasteiger charge is 2.36. The number of hydrogen-bond donors (Lipinski definition) is 2. The van der Waals surface area contributed by atoms with E-state index in [2.05, 4.69) is 20.4 Å². The molecule has 2 saturated heterocycles. The van der Waals surface area contributed by atoms with Crippen LogP contribution in [0.15, 0.2) is 24.7 Å². The topological polar surface area (TPSA) is 141 Å². The van der Waals surface area contributed by atoms with Gasteiger partial charge in [-0.05, 0) is 72.4 Å². The van der Waals surface area contributed by atoms with Crippen LogP contribution in [-0.4, -0.2) is 74.0 Å². The lowest BCUT2D eigenvalue weighted by molar-refractivity contribution is -0.0366. The molecule has 1 unspecified atom stereocenters. The second-order valence-electron chi connectivity index (χ2n) is 12.0. The van der Waals surface area contributed by atoms with E-state index in [0.29, 0.717) is 31.2 Å². The summed E-state index contributed by atoms with van der Waals surface area (Å²) in [5.41, 5.74) is 8.67. The Hall–Kier alpha value is -3.93. The summed E-state index contributed by atoms with van der Waals surface area (Å²) in [6.07, 6.45) is 5.68. The molecule has 0 spiro atoms. The summed E-state index contributed by atoms with van der Waals surface area (Å²) in [6, 6.07) is 3.69. The van der Waals surface area contributed by atoms with E-state index in [0.717, 1.165) is 35.7 Å². The van der Waals surface area contributed by atoms with Crippen molar-refractivity contribution in [2.45, 2.75) is 84.7 Å². The smallest absolute Gasteiger partial charge is 0.410 e. The van der Waals surface area contributed by atoms with E-state index in [-0.39, 0.29) is 35.8 Å². The molecular weight excluding hydrogens is 524 g/mol. The Morgan fingerprint density at radius 3 is 2.61 bits per heavy atom. The molecule has 4 heterocycles. The minimum atomic E-state index is -0.582. The van der Waals surface area contributed by atoms with Crippen LogP contribution in [0.25, 0.3) is 10.9 Å². The standard InChI is InChI=1S/C29H40N8O4/c1-17-10-11-21-20(13-33-37(21)22-9-7-8-12-40-22)24(17)34-27(38)25-23(30)26(32-16-31-25)35-14-19(3)36(15-18(35)2)28(39)41-29(4,5)6/h10-11,13,16,18-19,22H,7-9,12,14-15,30H2,1-6H3,(H,34,38)/t18-,19+,22?/m0/s1.